The summed E-state index contributed by atoms with van der Waals surface area (Å²) in [4.78, 5) is 30.9. The SMILES string of the molecule is CNC(NC(N)=O)C(=O)NC=O. The Hall–Kier alpha value is -1.63. The van der Waals surface area contributed by atoms with Crippen molar-refractivity contribution in [2.75, 3.05) is 7.05 Å². The van der Waals surface area contributed by atoms with Gasteiger partial charge in [-0.2, -0.15) is 0 Å². The molecule has 0 radical (unpaired) electrons. The number of carbonyl (C=O) groups excluding carboxylic acids is 3. The van der Waals surface area contributed by atoms with Crippen LogP contribution in [0.1, 0.15) is 0 Å². The Kier molecular flexibility index (Phi) is 4.39. The van der Waals surface area contributed by atoms with E-state index in [-0.39, 0.29) is 6.41 Å². The molecule has 5 N–H and O–H groups in total. The Labute approximate surface area is 68.7 Å². The topological polar surface area (TPSA) is 113 Å². The first-order chi connectivity index (χ1) is 5.61. The smallest absolute Gasteiger partial charge is 0.313 e. The lowest BCUT2D eigenvalue weighted by atomic mass is 10.4. The lowest BCUT2D eigenvalue weighted by molar-refractivity contribution is -0.127. The van der Waals surface area contributed by atoms with Gasteiger partial charge in [0.25, 0.3) is 5.91 Å². The molecule has 0 aliphatic heterocycles. The molecule has 0 spiro atoms. The van der Waals surface area contributed by atoms with E-state index in [2.05, 4.69) is 10.6 Å². The van der Waals surface area contributed by atoms with Crippen molar-refractivity contribution in [2.45, 2.75) is 6.17 Å². The van der Waals surface area contributed by atoms with Crippen LogP contribution < -0.4 is 21.7 Å². The second-order valence-electron chi connectivity index (χ2n) is 1.86. The fourth-order valence-electron chi connectivity index (χ4n) is 0.552. The molecule has 1 atom stereocenters. The number of likely N-dealkylation sites (N-methyl/N-ethyl adjacent to an activating group) is 1. The zero-order chi connectivity index (χ0) is 9.56. The van der Waals surface area contributed by atoms with Gasteiger partial charge >= 0.3 is 6.03 Å². The van der Waals surface area contributed by atoms with Gasteiger partial charge in [0.1, 0.15) is 0 Å². The summed E-state index contributed by atoms with van der Waals surface area (Å²) in [5, 5.41) is 6.36. The lowest BCUT2D eigenvalue weighted by Gasteiger charge is -2.13. The van der Waals surface area contributed by atoms with Gasteiger partial charge in [-0.05, 0) is 7.05 Å². The van der Waals surface area contributed by atoms with Gasteiger partial charge in [-0.1, -0.05) is 0 Å². The van der Waals surface area contributed by atoms with E-state index < -0.39 is 18.1 Å². The summed E-state index contributed by atoms with van der Waals surface area (Å²) in [5.74, 6) is -0.675. The lowest BCUT2D eigenvalue weighted by Crippen LogP contribution is -2.54. The average molecular weight is 174 g/mol. The summed E-state index contributed by atoms with van der Waals surface area (Å²) in [6, 6.07) is -0.851. The Morgan fingerprint density at radius 3 is 2.42 bits per heavy atom. The highest BCUT2D eigenvalue weighted by molar-refractivity contribution is 5.92. The molecule has 0 bridgehead atoms. The van der Waals surface area contributed by atoms with Gasteiger partial charge in [-0.25, -0.2) is 4.79 Å². The summed E-state index contributed by atoms with van der Waals surface area (Å²) in [6.45, 7) is 0. The molecule has 68 valence electrons. The van der Waals surface area contributed by atoms with E-state index in [0.717, 1.165) is 0 Å². The zero-order valence-corrected chi connectivity index (χ0v) is 6.46. The van der Waals surface area contributed by atoms with Crippen molar-refractivity contribution in [3.05, 3.63) is 0 Å². The highest BCUT2D eigenvalue weighted by Gasteiger charge is 2.15. The van der Waals surface area contributed by atoms with Gasteiger partial charge in [0.15, 0.2) is 6.17 Å². The Morgan fingerprint density at radius 2 is 2.08 bits per heavy atom. The Balaban J connectivity index is 4.04. The van der Waals surface area contributed by atoms with Crippen LogP contribution in [0.3, 0.4) is 0 Å². The molecule has 0 saturated carbocycles. The van der Waals surface area contributed by atoms with E-state index in [1.54, 1.807) is 0 Å². The van der Waals surface area contributed by atoms with Crippen LogP contribution in [0.2, 0.25) is 0 Å². The van der Waals surface area contributed by atoms with Gasteiger partial charge < -0.3 is 11.1 Å². The van der Waals surface area contributed by atoms with E-state index in [9.17, 15) is 14.4 Å². The molecule has 0 aliphatic carbocycles. The normalized spacial score (nSPS) is 11.4. The number of urea groups is 1. The van der Waals surface area contributed by atoms with Crippen molar-refractivity contribution in [1.82, 2.24) is 16.0 Å². The van der Waals surface area contributed by atoms with Crippen molar-refractivity contribution in [1.29, 1.82) is 0 Å². The third-order valence-electron chi connectivity index (χ3n) is 1.04. The molecular formula is C5H10N4O3. The van der Waals surface area contributed by atoms with Gasteiger partial charge in [-0.3, -0.25) is 20.2 Å². The predicted octanol–water partition coefficient (Wildman–Crippen LogP) is -2.53. The van der Waals surface area contributed by atoms with Crippen LogP contribution in [0.4, 0.5) is 4.79 Å². The van der Waals surface area contributed by atoms with Crippen LogP contribution >= 0.6 is 0 Å². The zero-order valence-electron chi connectivity index (χ0n) is 6.46. The largest absolute Gasteiger partial charge is 0.352 e. The molecule has 0 aromatic rings. The fraction of sp³-hybridized carbons (Fsp3) is 0.400. The minimum Gasteiger partial charge on any atom is -0.352 e. The van der Waals surface area contributed by atoms with Crippen molar-refractivity contribution >= 4 is 18.3 Å². The maximum absolute atomic E-state index is 10.8. The van der Waals surface area contributed by atoms with Crippen molar-refractivity contribution in [3.63, 3.8) is 0 Å². The van der Waals surface area contributed by atoms with Gasteiger partial charge in [0.05, 0.1) is 0 Å². The maximum Gasteiger partial charge on any atom is 0.313 e. The summed E-state index contributed by atoms with van der Waals surface area (Å²) in [7, 11) is 1.44. The second-order valence-corrected chi connectivity index (χ2v) is 1.86. The third kappa shape index (κ3) is 3.52. The van der Waals surface area contributed by atoms with Crippen LogP contribution in [-0.4, -0.2) is 31.6 Å². The summed E-state index contributed by atoms with van der Waals surface area (Å²) in [5.41, 5.74) is 4.74. The predicted molar refractivity (Wildman–Crippen MR) is 39.8 cm³/mol. The Bertz CT molecular complexity index is 193. The molecule has 0 aromatic carbocycles. The molecule has 4 amide bonds. The molecule has 1 unspecified atom stereocenters. The summed E-state index contributed by atoms with van der Waals surface area (Å²) < 4.78 is 0. The van der Waals surface area contributed by atoms with Crippen LogP contribution in [0.5, 0.6) is 0 Å². The molecule has 0 fully saturated rings. The van der Waals surface area contributed by atoms with Gasteiger partial charge in [0.2, 0.25) is 6.41 Å². The highest BCUT2D eigenvalue weighted by Crippen LogP contribution is 1.74. The van der Waals surface area contributed by atoms with Crippen molar-refractivity contribution < 1.29 is 14.4 Å². The standard InChI is InChI=1S/C5H10N4O3/c1-7-3(9-5(6)12)4(11)8-2-10/h2-3,7H,1H3,(H3,6,9,12)(H,8,10,11). The maximum atomic E-state index is 10.8. The third-order valence-corrected chi connectivity index (χ3v) is 1.04. The quantitative estimate of drug-likeness (QED) is 0.278. The number of carbonyl (C=O) groups is 3. The van der Waals surface area contributed by atoms with Crippen molar-refractivity contribution in [2.24, 2.45) is 5.73 Å². The monoisotopic (exact) mass is 174 g/mol. The molecule has 7 heteroatoms. The average Bonchev–Trinajstić information content (AvgIpc) is 2.00. The molecular weight excluding hydrogens is 164 g/mol. The first kappa shape index (κ1) is 10.4. The van der Waals surface area contributed by atoms with E-state index >= 15 is 0 Å². The molecule has 7 nitrogen and oxygen atoms in total. The van der Waals surface area contributed by atoms with Gasteiger partial charge in [-0.15, -0.1) is 0 Å². The second kappa shape index (κ2) is 5.08. The molecule has 0 heterocycles. The first-order valence-corrected chi connectivity index (χ1v) is 3.09. The molecule has 0 aliphatic rings. The van der Waals surface area contributed by atoms with Crippen LogP contribution in [0, 0.1) is 0 Å². The number of imide groups is 1. The highest BCUT2D eigenvalue weighted by atomic mass is 16.2. The van der Waals surface area contributed by atoms with Crippen molar-refractivity contribution in [3.8, 4) is 0 Å². The van der Waals surface area contributed by atoms with E-state index in [4.69, 9.17) is 5.73 Å². The number of hydrogen-bond donors (Lipinski definition) is 4. The fourth-order valence-corrected chi connectivity index (χ4v) is 0.552. The van der Waals surface area contributed by atoms with Crippen LogP contribution in [0.15, 0.2) is 0 Å². The molecule has 0 rings (SSSR count). The van der Waals surface area contributed by atoms with Crippen LogP contribution in [-0.2, 0) is 9.59 Å². The molecule has 0 aromatic heterocycles. The number of nitrogens with two attached hydrogens (primary N) is 1. The van der Waals surface area contributed by atoms with E-state index in [0.29, 0.717) is 0 Å². The first-order valence-electron chi connectivity index (χ1n) is 3.09. The molecule has 0 saturated heterocycles. The minimum absolute atomic E-state index is 0.218. The molecule has 12 heavy (non-hydrogen) atoms. The number of primary amides is 1. The number of rotatable bonds is 4. The number of hydrogen-bond acceptors (Lipinski definition) is 4. The summed E-state index contributed by atoms with van der Waals surface area (Å²) >= 11 is 0. The minimum atomic E-state index is -0.993. The number of amides is 4. The summed E-state index contributed by atoms with van der Waals surface area (Å²) in [6.07, 6.45) is -0.775. The number of nitrogens with one attached hydrogen (secondary N) is 3. The van der Waals surface area contributed by atoms with E-state index in [1.165, 1.54) is 7.05 Å². The Morgan fingerprint density at radius 1 is 1.50 bits per heavy atom. The van der Waals surface area contributed by atoms with E-state index in [1.807, 2.05) is 5.32 Å². The van der Waals surface area contributed by atoms with Gasteiger partial charge in [0, 0.05) is 0 Å². The van der Waals surface area contributed by atoms with Crippen LogP contribution in [0.25, 0.3) is 0 Å².